The Bertz CT molecular complexity index is 801. The van der Waals surface area contributed by atoms with Crippen LogP contribution in [0.1, 0.15) is 41.1 Å². The van der Waals surface area contributed by atoms with E-state index < -0.39 is 12.0 Å². The molecule has 26 heavy (non-hydrogen) atoms. The maximum atomic E-state index is 11.9. The molecule has 0 saturated carbocycles. The highest BCUT2D eigenvalue weighted by atomic mass is 79.9. The predicted molar refractivity (Wildman–Crippen MR) is 106 cm³/mol. The minimum absolute atomic E-state index is 0.162. The minimum Gasteiger partial charge on any atom is -0.496 e. The number of hydrogen-bond acceptors (Lipinski definition) is 3. The quantitative estimate of drug-likeness (QED) is 0.764. The summed E-state index contributed by atoms with van der Waals surface area (Å²) in [6.45, 7) is 4.90. The van der Waals surface area contributed by atoms with E-state index in [1.54, 1.807) is 7.11 Å². The number of aryl methyl sites for hydroxylation is 2. The van der Waals surface area contributed by atoms with E-state index in [-0.39, 0.29) is 6.04 Å². The van der Waals surface area contributed by atoms with E-state index in [2.05, 4.69) is 52.9 Å². The zero-order valence-electron chi connectivity index (χ0n) is 15.3. The van der Waals surface area contributed by atoms with Crippen LogP contribution in [0.4, 0.5) is 0 Å². The van der Waals surface area contributed by atoms with Gasteiger partial charge in [-0.1, -0.05) is 45.3 Å². The van der Waals surface area contributed by atoms with Crippen molar-refractivity contribution in [2.75, 3.05) is 13.7 Å². The van der Waals surface area contributed by atoms with Crippen LogP contribution in [0.2, 0.25) is 0 Å². The van der Waals surface area contributed by atoms with Crippen molar-refractivity contribution in [2.24, 2.45) is 0 Å². The van der Waals surface area contributed by atoms with Crippen molar-refractivity contribution in [1.82, 2.24) is 4.90 Å². The lowest BCUT2D eigenvalue weighted by Crippen LogP contribution is -2.39. The van der Waals surface area contributed by atoms with Gasteiger partial charge in [0.15, 0.2) is 0 Å². The maximum Gasteiger partial charge on any atom is 0.320 e. The fourth-order valence-electron chi connectivity index (χ4n) is 4.00. The van der Waals surface area contributed by atoms with E-state index in [9.17, 15) is 9.90 Å². The maximum absolute atomic E-state index is 11.9. The molecule has 0 spiro atoms. The van der Waals surface area contributed by atoms with Crippen LogP contribution < -0.4 is 4.74 Å². The second-order valence-electron chi connectivity index (χ2n) is 6.94. The first-order valence-corrected chi connectivity index (χ1v) is 9.60. The number of hydrogen-bond donors (Lipinski definition) is 1. The molecule has 2 atom stereocenters. The molecule has 0 aromatic heterocycles. The molecule has 138 valence electrons. The third kappa shape index (κ3) is 3.79. The number of likely N-dealkylation sites (tertiary alicyclic amines) is 1. The van der Waals surface area contributed by atoms with Gasteiger partial charge >= 0.3 is 5.97 Å². The zero-order chi connectivity index (χ0) is 18.8. The number of carboxylic acid groups (broad SMARTS) is 1. The third-order valence-corrected chi connectivity index (χ3v) is 5.45. The Morgan fingerprint density at radius 1 is 1.23 bits per heavy atom. The van der Waals surface area contributed by atoms with E-state index >= 15 is 0 Å². The van der Waals surface area contributed by atoms with Gasteiger partial charge in [0.25, 0.3) is 0 Å². The van der Waals surface area contributed by atoms with Crippen LogP contribution in [0.3, 0.4) is 0 Å². The highest BCUT2D eigenvalue weighted by Gasteiger charge is 2.38. The Morgan fingerprint density at radius 2 is 1.92 bits per heavy atom. The summed E-state index contributed by atoms with van der Waals surface area (Å²) in [6.07, 6.45) is 1.56. The molecule has 0 amide bonds. The molecule has 1 aliphatic rings. The van der Waals surface area contributed by atoms with Gasteiger partial charge in [-0.15, -0.1) is 0 Å². The van der Waals surface area contributed by atoms with Crippen LogP contribution in [0, 0.1) is 13.8 Å². The number of halogens is 1. The summed E-state index contributed by atoms with van der Waals surface area (Å²) >= 11 is 3.56. The Hall–Kier alpha value is -1.85. The lowest BCUT2D eigenvalue weighted by Gasteiger charge is -2.33. The number of rotatable bonds is 5. The van der Waals surface area contributed by atoms with Gasteiger partial charge < -0.3 is 9.84 Å². The van der Waals surface area contributed by atoms with Crippen LogP contribution in [-0.2, 0) is 4.79 Å². The van der Waals surface area contributed by atoms with Gasteiger partial charge in [0.05, 0.1) is 13.2 Å². The normalized spacial score (nSPS) is 18.7. The topological polar surface area (TPSA) is 49.8 Å². The second-order valence-corrected chi connectivity index (χ2v) is 7.86. The largest absolute Gasteiger partial charge is 0.496 e. The average Bonchev–Trinajstić information content (AvgIpc) is 3.04. The Morgan fingerprint density at radius 3 is 2.54 bits per heavy atom. The highest BCUT2D eigenvalue weighted by molar-refractivity contribution is 9.10. The molecule has 1 N–H and O–H groups in total. The highest BCUT2D eigenvalue weighted by Crippen LogP contribution is 2.40. The van der Waals surface area contributed by atoms with Crippen molar-refractivity contribution in [1.29, 1.82) is 0 Å². The molecule has 2 unspecified atom stereocenters. The molecule has 1 aliphatic heterocycles. The summed E-state index contributed by atoms with van der Waals surface area (Å²) in [5, 5.41) is 9.73. The van der Waals surface area contributed by atoms with Crippen LogP contribution >= 0.6 is 15.9 Å². The first kappa shape index (κ1) is 18.9. The summed E-state index contributed by atoms with van der Waals surface area (Å²) < 4.78 is 6.58. The Kier molecular flexibility index (Phi) is 5.68. The van der Waals surface area contributed by atoms with Crippen molar-refractivity contribution in [3.05, 3.63) is 63.1 Å². The first-order valence-electron chi connectivity index (χ1n) is 8.81. The standard InChI is InChI=1S/C21H24BrNO3/c1-13-9-14(2)11-15(10-13)20(23-8-4-5-18(23)21(24)25)17-12-16(22)6-7-19(17)26-3/h6-7,9-12,18,20H,4-5,8H2,1-3H3,(H,24,25). The van der Waals surface area contributed by atoms with Gasteiger partial charge in [-0.05, 0) is 50.5 Å². The second kappa shape index (κ2) is 7.80. The summed E-state index contributed by atoms with van der Waals surface area (Å²) in [7, 11) is 1.66. The number of nitrogens with zero attached hydrogens (tertiary/aromatic N) is 1. The average molecular weight is 418 g/mol. The molecule has 1 fully saturated rings. The number of ether oxygens (including phenoxy) is 1. The Balaban J connectivity index is 2.19. The summed E-state index contributed by atoms with van der Waals surface area (Å²) in [5.41, 5.74) is 4.43. The summed E-state index contributed by atoms with van der Waals surface area (Å²) in [4.78, 5) is 14.0. The van der Waals surface area contributed by atoms with Crippen molar-refractivity contribution in [3.8, 4) is 5.75 Å². The predicted octanol–water partition coefficient (Wildman–Crippen LogP) is 4.71. The summed E-state index contributed by atoms with van der Waals surface area (Å²) in [5.74, 6) is 0.0132. The van der Waals surface area contributed by atoms with Gasteiger partial charge in [0, 0.05) is 16.6 Å². The van der Waals surface area contributed by atoms with Gasteiger partial charge in [0.1, 0.15) is 11.8 Å². The fourth-order valence-corrected chi connectivity index (χ4v) is 4.38. The van der Waals surface area contributed by atoms with E-state index in [0.29, 0.717) is 6.42 Å². The molecule has 0 radical (unpaired) electrons. The van der Waals surface area contributed by atoms with Crippen LogP contribution in [0.25, 0.3) is 0 Å². The number of carbonyl (C=O) groups is 1. The molecule has 5 heteroatoms. The number of aliphatic carboxylic acids is 1. The van der Waals surface area contributed by atoms with Gasteiger partial charge in [-0.3, -0.25) is 9.69 Å². The van der Waals surface area contributed by atoms with E-state index in [1.807, 2.05) is 18.2 Å². The Labute approximate surface area is 162 Å². The van der Waals surface area contributed by atoms with Crippen LogP contribution in [0.5, 0.6) is 5.75 Å². The van der Waals surface area contributed by atoms with Crippen molar-refractivity contribution < 1.29 is 14.6 Å². The van der Waals surface area contributed by atoms with E-state index in [4.69, 9.17) is 4.74 Å². The summed E-state index contributed by atoms with van der Waals surface area (Å²) in [6, 6.07) is 11.7. The molecule has 3 rings (SSSR count). The molecule has 2 aromatic carbocycles. The molecule has 0 aliphatic carbocycles. The van der Waals surface area contributed by atoms with Gasteiger partial charge in [0.2, 0.25) is 0 Å². The lowest BCUT2D eigenvalue weighted by atomic mass is 9.93. The SMILES string of the molecule is COc1ccc(Br)cc1C(c1cc(C)cc(C)c1)N1CCCC1C(=O)O. The minimum atomic E-state index is -0.758. The van der Waals surface area contributed by atoms with Gasteiger partial charge in [-0.25, -0.2) is 0 Å². The molecule has 4 nitrogen and oxygen atoms in total. The smallest absolute Gasteiger partial charge is 0.320 e. The van der Waals surface area contributed by atoms with Crippen LogP contribution in [0.15, 0.2) is 40.9 Å². The molecular formula is C21H24BrNO3. The lowest BCUT2D eigenvalue weighted by molar-refractivity contribution is -0.142. The van der Waals surface area contributed by atoms with Crippen molar-refractivity contribution >= 4 is 21.9 Å². The van der Waals surface area contributed by atoms with E-state index in [1.165, 1.54) is 11.1 Å². The molecule has 1 heterocycles. The van der Waals surface area contributed by atoms with E-state index in [0.717, 1.165) is 34.3 Å². The number of carboxylic acids is 1. The molecule has 2 aromatic rings. The third-order valence-electron chi connectivity index (χ3n) is 4.96. The van der Waals surface area contributed by atoms with Crippen LogP contribution in [-0.4, -0.2) is 35.7 Å². The molecule has 1 saturated heterocycles. The zero-order valence-corrected chi connectivity index (χ0v) is 16.9. The van der Waals surface area contributed by atoms with Crippen molar-refractivity contribution in [2.45, 2.75) is 38.8 Å². The monoisotopic (exact) mass is 417 g/mol. The number of methoxy groups -OCH3 is 1. The molecular weight excluding hydrogens is 394 g/mol. The van der Waals surface area contributed by atoms with Gasteiger partial charge in [-0.2, -0.15) is 0 Å². The fraction of sp³-hybridized carbons (Fsp3) is 0.381. The number of benzene rings is 2. The van der Waals surface area contributed by atoms with Crippen molar-refractivity contribution in [3.63, 3.8) is 0 Å². The molecule has 0 bridgehead atoms. The first-order chi connectivity index (χ1) is 12.4.